The Morgan fingerprint density at radius 3 is 2.53 bits per heavy atom. The number of carboxylic acids is 1. The quantitative estimate of drug-likeness (QED) is 0.774. The number of carbonyl (C=O) groups is 2. The van der Waals surface area contributed by atoms with Crippen LogP contribution in [0, 0.1) is 5.92 Å². The van der Waals surface area contributed by atoms with Crippen molar-refractivity contribution in [2.24, 2.45) is 5.92 Å². The van der Waals surface area contributed by atoms with Crippen molar-refractivity contribution in [1.29, 1.82) is 0 Å². The van der Waals surface area contributed by atoms with Gasteiger partial charge in [0.25, 0.3) is 0 Å². The van der Waals surface area contributed by atoms with Crippen LogP contribution < -0.4 is 0 Å². The van der Waals surface area contributed by atoms with Gasteiger partial charge in [-0.05, 0) is 31.7 Å². The van der Waals surface area contributed by atoms with Crippen molar-refractivity contribution in [2.75, 3.05) is 0 Å². The molecule has 0 bridgehead atoms. The lowest BCUT2D eigenvalue weighted by Gasteiger charge is -2.07. The minimum Gasteiger partial charge on any atom is -0.477 e. The Balaban J connectivity index is 2.81. The number of hydrogen-bond acceptors (Lipinski definition) is 2. The van der Waals surface area contributed by atoms with E-state index in [-0.39, 0.29) is 11.5 Å². The highest BCUT2D eigenvalue weighted by Crippen LogP contribution is 2.13. The Kier molecular flexibility index (Phi) is 4.49. The van der Waals surface area contributed by atoms with Gasteiger partial charge in [0.2, 0.25) is 0 Å². The molecule has 0 saturated carbocycles. The van der Waals surface area contributed by atoms with Crippen molar-refractivity contribution < 1.29 is 14.7 Å². The molecule has 1 N–H and O–H groups in total. The van der Waals surface area contributed by atoms with Crippen LogP contribution in [0.25, 0.3) is 0 Å². The normalized spacial score (nSPS) is 10.8. The van der Waals surface area contributed by atoms with Gasteiger partial charge < -0.3 is 9.67 Å². The zero-order valence-electron chi connectivity index (χ0n) is 10.6. The van der Waals surface area contributed by atoms with Gasteiger partial charge in [-0.3, -0.25) is 4.79 Å². The molecule has 1 aromatic heterocycles. The van der Waals surface area contributed by atoms with Crippen LogP contribution in [0.3, 0.4) is 0 Å². The molecule has 0 saturated heterocycles. The molecule has 0 aliphatic heterocycles. The van der Waals surface area contributed by atoms with E-state index in [0.29, 0.717) is 18.0 Å². The van der Waals surface area contributed by atoms with Crippen molar-refractivity contribution in [3.05, 3.63) is 23.5 Å². The number of nitrogens with zero attached hydrogens (tertiary/aromatic N) is 1. The van der Waals surface area contributed by atoms with E-state index in [1.165, 1.54) is 13.0 Å². The fraction of sp³-hybridized carbons (Fsp3) is 0.538. The number of rotatable bonds is 6. The van der Waals surface area contributed by atoms with Crippen molar-refractivity contribution >= 4 is 11.8 Å². The highest BCUT2D eigenvalue weighted by molar-refractivity contribution is 5.97. The van der Waals surface area contributed by atoms with Crippen LogP contribution in [0.2, 0.25) is 0 Å². The first-order valence-corrected chi connectivity index (χ1v) is 5.86. The van der Waals surface area contributed by atoms with Gasteiger partial charge in [-0.1, -0.05) is 13.8 Å². The van der Waals surface area contributed by atoms with Gasteiger partial charge >= 0.3 is 5.97 Å². The fourth-order valence-electron chi connectivity index (χ4n) is 1.74. The van der Waals surface area contributed by atoms with Crippen LogP contribution in [-0.4, -0.2) is 21.4 Å². The van der Waals surface area contributed by atoms with E-state index in [9.17, 15) is 9.59 Å². The van der Waals surface area contributed by atoms with E-state index < -0.39 is 5.97 Å². The highest BCUT2D eigenvalue weighted by atomic mass is 16.4. The van der Waals surface area contributed by atoms with Gasteiger partial charge in [-0.15, -0.1) is 0 Å². The van der Waals surface area contributed by atoms with Crippen molar-refractivity contribution in [3.63, 3.8) is 0 Å². The summed E-state index contributed by atoms with van der Waals surface area (Å²) in [5.74, 6) is -0.483. The van der Waals surface area contributed by atoms with Crippen LogP contribution in [0.4, 0.5) is 0 Å². The van der Waals surface area contributed by atoms with E-state index in [2.05, 4.69) is 13.8 Å². The summed E-state index contributed by atoms with van der Waals surface area (Å²) in [5, 5.41) is 9.04. The molecule has 0 aliphatic carbocycles. The van der Waals surface area contributed by atoms with E-state index in [4.69, 9.17) is 5.11 Å². The molecule has 0 spiro atoms. The van der Waals surface area contributed by atoms with Gasteiger partial charge in [-0.25, -0.2) is 4.79 Å². The van der Waals surface area contributed by atoms with E-state index >= 15 is 0 Å². The molecule has 0 atom stereocenters. The third-order valence-corrected chi connectivity index (χ3v) is 2.70. The number of carboxylic acid groups (broad SMARTS) is 1. The summed E-state index contributed by atoms with van der Waals surface area (Å²) in [6.45, 7) is 6.36. The monoisotopic (exact) mass is 237 g/mol. The molecule has 1 heterocycles. The standard InChI is InChI=1S/C13H19NO3/c1-9(2)5-4-6-14-8-11(10(3)15)7-12(14)13(16)17/h7-9H,4-6H2,1-3H3,(H,16,17). The lowest BCUT2D eigenvalue weighted by Crippen LogP contribution is -2.08. The maximum absolute atomic E-state index is 11.2. The minimum absolute atomic E-state index is 0.102. The number of aromatic nitrogens is 1. The van der Waals surface area contributed by atoms with Crippen molar-refractivity contribution in [3.8, 4) is 0 Å². The van der Waals surface area contributed by atoms with E-state index in [1.807, 2.05) is 0 Å². The first-order valence-electron chi connectivity index (χ1n) is 5.86. The fourth-order valence-corrected chi connectivity index (χ4v) is 1.74. The molecule has 94 valence electrons. The molecule has 0 unspecified atom stereocenters. The summed E-state index contributed by atoms with van der Waals surface area (Å²) in [6.07, 6.45) is 3.60. The Labute approximate surface area is 101 Å². The average Bonchev–Trinajstić information content (AvgIpc) is 2.61. The lowest BCUT2D eigenvalue weighted by molar-refractivity contribution is 0.0684. The van der Waals surface area contributed by atoms with E-state index in [0.717, 1.165) is 12.8 Å². The molecule has 0 aromatic carbocycles. The number of aromatic carboxylic acids is 1. The van der Waals surface area contributed by atoms with Crippen LogP contribution in [0.5, 0.6) is 0 Å². The van der Waals surface area contributed by atoms with Gasteiger partial charge in [-0.2, -0.15) is 0 Å². The van der Waals surface area contributed by atoms with Gasteiger partial charge in [0.1, 0.15) is 5.69 Å². The molecule has 1 rings (SSSR count). The number of carbonyl (C=O) groups excluding carboxylic acids is 1. The molecular weight excluding hydrogens is 218 g/mol. The van der Waals surface area contributed by atoms with Gasteiger partial charge in [0.05, 0.1) is 0 Å². The molecule has 4 heteroatoms. The van der Waals surface area contributed by atoms with Crippen molar-refractivity contribution in [1.82, 2.24) is 4.57 Å². The molecule has 1 aromatic rings. The molecular formula is C13H19NO3. The van der Waals surface area contributed by atoms with Crippen LogP contribution in [0.15, 0.2) is 12.3 Å². The van der Waals surface area contributed by atoms with Gasteiger partial charge in [0, 0.05) is 18.3 Å². The summed E-state index contributed by atoms with van der Waals surface area (Å²) in [7, 11) is 0. The second-order valence-corrected chi connectivity index (χ2v) is 4.70. The van der Waals surface area contributed by atoms with Crippen molar-refractivity contribution in [2.45, 2.75) is 40.2 Å². The molecule has 4 nitrogen and oxygen atoms in total. The van der Waals surface area contributed by atoms with Crippen LogP contribution in [0.1, 0.15) is 54.5 Å². The second-order valence-electron chi connectivity index (χ2n) is 4.70. The maximum Gasteiger partial charge on any atom is 0.352 e. The summed E-state index contributed by atoms with van der Waals surface area (Å²) >= 11 is 0. The number of hydrogen-bond donors (Lipinski definition) is 1. The van der Waals surface area contributed by atoms with Gasteiger partial charge in [0.15, 0.2) is 5.78 Å². The maximum atomic E-state index is 11.2. The Morgan fingerprint density at radius 1 is 1.41 bits per heavy atom. The van der Waals surface area contributed by atoms with Crippen LogP contribution >= 0.6 is 0 Å². The third kappa shape index (κ3) is 3.73. The second kappa shape index (κ2) is 5.66. The highest BCUT2D eigenvalue weighted by Gasteiger charge is 2.14. The summed E-state index contributed by atoms with van der Waals surface area (Å²) in [4.78, 5) is 22.2. The minimum atomic E-state index is -0.984. The lowest BCUT2D eigenvalue weighted by atomic mass is 10.1. The predicted octanol–water partition coefficient (Wildman–Crippen LogP) is 2.83. The Morgan fingerprint density at radius 2 is 2.06 bits per heavy atom. The summed E-state index contributed by atoms with van der Waals surface area (Å²) in [5.41, 5.74) is 0.658. The Hall–Kier alpha value is -1.58. The predicted molar refractivity (Wildman–Crippen MR) is 65.5 cm³/mol. The first-order chi connectivity index (χ1) is 7.91. The number of Topliss-reactive ketones (excluding diaryl/α,β-unsaturated/α-hetero) is 1. The topological polar surface area (TPSA) is 59.3 Å². The molecule has 0 radical (unpaired) electrons. The Bertz CT molecular complexity index is 418. The zero-order valence-corrected chi connectivity index (χ0v) is 10.6. The smallest absolute Gasteiger partial charge is 0.352 e. The van der Waals surface area contributed by atoms with E-state index in [1.54, 1.807) is 10.8 Å². The first kappa shape index (κ1) is 13.5. The SMILES string of the molecule is CC(=O)c1cc(C(=O)O)n(CCCC(C)C)c1. The largest absolute Gasteiger partial charge is 0.477 e. The zero-order chi connectivity index (χ0) is 13.0. The average molecular weight is 237 g/mol. The number of aryl methyl sites for hydroxylation is 1. The number of ketones is 1. The molecule has 0 fully saturated rings. The van der Waals surface area contributed by atoms with Crippen LogP contribution in [-0.2, 0) is 6.54 Å². The molecule has 0 amide bonds. The summed E-state index contributed by atoms with van der Waals surface area (Å²) in [6, 6.07) is 1.44. The molecule has 0 aliphatic rings. The summed E-state index contributed by atoms with van der Waals surface area (Å²) < 4.78 is 1.65. The third-order valence-electron chi connectivity index (χ3n) is 2.70. The molecule has 17 heavy (non-hydrogen) atoms.